The van der Waals surface area contributed by atoms with Crippen molar-refractivity contribution < 1.29 is 19.8 Å². The van der Waals surface area contributed by atoms with Crippen LogP contribution in [-0.2, 0) is 9.59 Å². The fourth-order valence-electron chi connectivity index (χ4n) is 13.7. The molecule has 0 amide bonds. The lowest BCUT2D eigenvalue weighted by Crippen LogP contribution is -2.50. The molecule has 0 aromatic carbocycles. The number of fused-ring (bicyclic) bond motifs is 10. The van der Waals surface area contributed by atoms with Crippen molar-refractivity contribution >= 4 is 11.6 Å². The fraction of sp³-hybridized carbons (Fsp3) is 0.850. The van der Waals surface area contributed by atoms with Gasteiger partial charge in [-0.2, -0.15) is 0 Å². The zero-order chi connectivity index (χ0) is 31.2. The van der Waals surface area contributed by atoms with E-state index in [0.29, 0.717) is 40.2 Å². The van der Waals surface area contributed by atoms with Gasteiger partial charge in [0.2, 0.25) is 0 Å². The fourth-order valence-corrected chi connectivity index (χ4v) is 13.7. The van der Waals surface area contributed by atoms with E-state index in [1.54, 1.807) is 5.57 Å². The van der Waals surface area contributed by atoms with E-state index in [2.05, 4.69) is 39.8 Å². The first kappa shape index (κ1) is 31.3. The Labute approximate surface area is 266 Å². The molecule has 0 saturated heterocycles. The molecule has 13 atom stereocenters. The molecule has 8 aliphatic carbocycles. The monoisotopic (exact) mass is 604 g/mol. The van der Waals surface area contributed by atoms with Crippen molar-refractivity contribution in [3.63, 3.8) is 0 Å². The standard InChI is InChI=1S/C21H32O2.C19H28O2/c1-13(22)17-6-7-18-16-5-4-14-12-15(23)8-10-20(14,2)19(16)9-11-21(17,18)3;1-18-9-7-13(20)11-12(18)3-4-14-15-5-6-17(21)19(15,2)10-8-16(14)18/h4,15-19,23H,5-12H2,1-3H3;3,13-16,20H,4-11H2,1-2H3/t15-,16-,17+,18-,19-,20-,21+;13-,14-,15-,16-,18-,19-/m00/s1. The summed E-state index contributed by atoms with van der Waals surface area (Å²) in [5, 5.41) is 20.1. The minimum absolute atomic E-state index is 0.0168. The van der Waals surface area contributed by atoms with Gasteiger partial charge in [0.25, 0.3) is 0 Å². The summed E-state index contributed by atoms with van der Waals surface area (Å²) in [6.07, 6.45) is 22.2. The van der Waals surface area contributed by atoms with Crippen LogP contribution < -0.4 is 0 Å². The van der Waals surface area contributed by atoms with Crippen LogP contribution in [-0.4, -0.2) is 34.0 Å². The van der Waals surface area contributed by atoms with E-state index in [9.17, 15) is 19.8 Å². The van der Waals surface area contributed by atoms with Crippen molar-refractivity contribution in [3.05, 3.63) is 23.3 Å². The lowest BCUT2D eigenvalue weighted by Gasteiger charge is -2.57. The summed E-state index contributed by atoms with van der Waals surface area (Å²) in [7, 11) is 0. The highest BCUT2D eigenvalue weighted by Crippen LogP contribution is 2.67. The number of carbonyl (C=O) groups excluding carboxylic acids is 2. The van der Waals surface area contributed by atoms with Crippen molar-refractivity contribution in [3.8, 4) is 0 Å². The Morgan fingerprint density at radius 2 is 1.16 bits per heavy atom. The first-order valence-corrected chi connectivity index (χ1v) is 18.6. The van der Waals surface area contributed by atoms with Gasteiger partial charge in [-0.05, 0) is 155 Å². The summed E-state index contributed by atoms with van der Waals surface area (Å²) >= 11 is 0. The first-order chi connectivity index (χ1) is 20.8. The van der Waals surface area contributed by atoms with Crippen LogP contribution in [0.15, 0.2) is 23.3 Å². The van der Waals surface area contributed by atoms with E-state index in [0.717, 1.165) is 94.3 Å². The highest BCUT2D eigenvalue weighted by atomic mass is 16.3. The zero-order valence-corrected chi connectivity index (χ0v) is 28.4. The minimum atomic E-state index is -0.122. The molecular weight excluding hydrogens is 544 g/mol. The van der Waals surface area contributed by atoms with Gasteiger partial charge in [-0.15, -0.1) is 0 Å². The number of aliphatic hydroxyl groups excluding tert-OH is 2. The molecule has 44 heavy (non-hydrogen) atoms. The van der Waals surface area contributed by atoms with Crippen LogP contribution in [0.1, 0.15) is 137 Å². The molecule has 0 aromatic rings. The molecule has 6 fully saturated rings. The first-order valence-electron chi connectivity index (χ1n) is 18.6. The third-order valence-electron chi connectivity index (χ3n) is 16.4. The van der Waals surface area contributed by atoms with E-state index in [1.807, 2.05) is 6.92 Å². The average molecular weight is 605 g/mol. The van der Waals surface area contributed by atoms with Gasteiger partial charge in [0, 0.05) is 17.8 Å². The lowest BCUT2D eigenvalue weighted by molar-refractivity contribution is -0.132. The van der Waals surface area contributed by atoms with Crippen molar-refractivity contribution in [2.24, 2.45) is 63.1 Å². The predicted molar refractivity (Wildman–Crippen MR) is 175 cm³/mol. The molecule has 0 spiro atoms. The maximum Gasteiger partial charge on any atom is 0.139 e. The molecule has 4 heteroatoms. The second-order valence-electron chi connectivity index (χ2n) is 18.0. The number of ketones is 2. The van der Waals surface area contributed by atoms with Crippen LogP contribution in [0.5, 0.6) is 0 Å². The molecule has 0 bridgehead atoms. The Bertz CT molecular complexity index is 1250. The van der Waals surface area contributed by atoms with Crippen LogP contribution >= 0.6 is 0 Å². The smallest absolute Gasteiger partial charge is 0.139 e. The minimum Gasteiger partial charge on any atom is -0.393 e. The highest BCUT2D eigenvalue weighted by molar-refractivity contribution is 5.87. The molecule has 0 aliphatic heterocycles. The van der Waals surface area contributed by atoms with Gasteiger partial charge in [-0.3, -0.25) is 9.59 Å². The highest BCUT2D eigenvalue weighted by Gasteiger charge is 2.60. The van der Waals surface area contributed by atoms with Crippen LogP contribution in [0.25, 0.3) is 0 Å². The maximum atomic E-state index is 12.4. The quantitative estimate of drug-likeness (QED) is 0.295. The van der Waals surface area contributed by atoms with E-state index >= 15 is 0 Å². The number of hydrogen-bond donors (Lipinski definition) is 2. The Hall–Kier alpha value is -1.26. The number of allylic oxidation sites excluding steroid dienone is 2. The molecule has 8 rings (SSSR count). The SMILES string of the molecule is CC(=O)[C@H]1CC[C@H]2[C@@H]3CC=C4C[C@@H](O)CC[C@]4(C)[C@H]3CC[C@]12C.C[C@]12CC[C@H](O)CC1=CC[C@@H]1[C@@H]2CC[C@]2(C)C(=O)CC[C@@H]12. The number of Topliss-reactive ketones (excluding diaryl/α,β-unsaturated/α-hetero) is 2. The summed E-state index contributed by atoms with van der Waals surface area (Å²) in [6.45, 7) is 11.4. The molecule has 244 valence electrons. The maximum absolute atomic E-state index is 12.4. The van der Waals surface area contributed by atoms with Gasteiger partial charge in [-0.25, -0.2) is 0 Å². The van der Waals surface area contributed by atoms with Gasteiger partial charge < -0.3 is 10.2 Å². The average Bonchev–Trinajstić information content (AvgIpc) is 3.50. The van der Waals surface area contributed by atoms with Gasteiger partial charge >= 0.3 is 0 Å². The van der Waals surface area contributed by atoms with Crippen LogP contribution in [0.2, 0.25) is 0 Å². The molecule has 0 unspecified atom stereocenters. The summed E-state index contributed by atoms with van der Waals surface area (Å²) < 4.78 is 0. The van der Waals surface area contributed by atoms with Gasteiger partial charge in [0.05, 0.1) is 12.2 Å². The Balaban J connectivity index is 0.000000143. The molecule has 0 aromatic heterocycles. The summed E-state index contributed by atoms with van der Waals surface area (Å²) in [4.78, 5) is 24.5. The van der Waals surface area contributed by atoms with E-state index in [-0.39, 0.29) is 23.0 Å². The molecule has 0 radical (unpaired) electrons. The number of carbonyl (C=O) groups is 2. The van der Waals surface area contributed by atoms with E-state index in [1.165, 1.54) is 37.7 Å². The molecular formula is C40H60O4. The van der Waals surface area contributed by atoms with Crippen molar-refractivity contribution in [1.82, 2.24) is 0 Å². The molecule has 8 aliphatic rings. The van der Waals surface area contributed by atoms with Crippen molar-refractivity contribution in [2.75, 3.05) is 0 Å². The second kappa shape index (κ2) is 10.9. The third-order valence-corrected chi connectivity index (χ3v) is 16.4. The van der Waals surface area contributed by atoms with Crippen LogP contribution in [0.3, 0.4) is 0 Å². The Morgan fingerprint density at radius 3 is 1.73 bits per heavy atom. The topological polar surface area (TPSA) is 74.6 Å². The van der Waals surface area contributed by atoms with E-state index < -0.39 is 0 Å². The molecule has 4 nitrogen and oxygen atoms in total. The largest absolute Gasteiger partial charge is 0.393 e. The Morgan fingerprint density at radius 1 is 0.659 bits per heavy atom. The lowest BCUT2D eigenvalue weighted by atomic mass is 9.47. The zero-order valence-electron chi connectivity index (χ0n) is 28.4. The van der Waals surface area contributed by atoms with Gasteiger partial charge in [0.1, 0.15) is 11.6 Å². The normalized spacial score (nSPS) is 52.4. The van der Waals surface area contributed by atoms with Gasteiger partial charge in [-0.1, -0.05) is 51.0 Å². The number of aliphatic hydroxyl groups is 2. The van der Waals surface area contributed by atoms with Crippen molar-refractivity contribution in [2.45, 2.75) is 150 Å². The second-order valence-corrected chi connectivity index (χ2v) is 18.0. The number of rotatable bonds is 1. The molecule has 6 saturated carbocycles. The van der Waals surface area contributed by atoms with Crippen LogP contribution in [0, 0.1) is 63.1 Å². The van der Waals surface area contributed by atoms with Crippen LogP contribution in [0.4, 0.5) is 0 Å². The van der Waals surface area contributed by atoms with Gasteiger partial charge in [0.15, 0.2) is 0 Å². The molecule has 2 N–H and O–H groups in total. The summed E-state index contributed by atoms with van der Waals surface area (Å²) in [6, 6.07) is 0. The molecule has 0 heterocycles. The predicted octanol–water partition coefficient (Wildman–Crippen LogP) is 8.39. The Kier molecular flexibility index (Phi) is 7.76. The van der Waals surface area contributed by atoms with E-state index in [4.69, 9.17) is 0 Å². The van der Waals surface area contributed by atoms with Crippen molar-refractivity contribution in [1.29, 1.82) is 0 Å². The summed E-state index contributed by atoms with van der Waals surface area (Å²) in [5.41, 5.74) is 3.92. The summed E-state index contributed by atoms with van der Waals surface area (Å²) in [5.74, 6) is 5.60. The number of hydrogen-bond acceptors (Lipinski definition) is 4. The third kappa shape index (κ3) is 4.56.